The van der Waals surface area contributed by atoms with Crippen LogP contribution in [0.15, 0.2) is 42.5 Å². The molecule has 0 heterocycles. The minimum Gasteiger partial charge on any atom is -0.481 e. The summed E-state index contributed by atoms with van der Waals surface area (Å²) in [6.45, 7) is 6.71. The van der Waals surface area contributed by atoms with Gasteiger partial charge in [-0.1, -0.05) is 30.3 Å². The first-order chi connectivity index (χ1) is 15.6. The first-order valence-electron chi connectivity index (χ1n) is 11.7. The Kier molecular flexibility index (Phi) is 8.63. The number of rotatable bonds is 12. The Morgan fingerprint density at radius 3 is 2.52 bits per heavy atom. The van der Waals surface area contributed by atoms with Gasteiger partial charge in [0.05, 0.1) is 18.8 Å². The van der Waals surface area contributed by atoms with Crippen LogP contribution in [-0.4, -0.2) is 41.0 Å². The molecule has 0 aliphatic heterocycles. The average molecular weight is 458 g/mol. The van der Waals surface area contributed by atoms with Crippen molar-refractivity contribution in [2.75, 3.05) is 13.2 Å². The molecule has 3 rings (SSSR count). The Morgan fingerprint density at radius 2 is 1.88 bits per heavy atom. The molecule has 33 heavy (non-hydrogen) atoms. The molecule has 2 atom stereocenters. The van der Waals surface area contributed by atoms with Crippen LogP contribution in [0.3, 0.4) is 0 Å². The molecule has 0 unspecified atom stereocenters. The Labute approximate surface area is 196 Å². The molecule has 0 amide bonds. The van der Waals surface area contributed by atoms with Gasteiger partial charge >= 0.3 is 5.97 Å². The SMILES string of the molecule is C[C@@H](OC[C@@H](O)CNC(C)(C)CC1Cc2ccccc2C1)c1ccc(F)cc1CCC(=O)O. The second kappa shape index (κ2) is 11.2. The van der Waals surface area contributed by atoms with E-state index in [1.54, 1.807) is 6.07 Å². The van der Waals surface area contributed by atoms with Crippen molar-refractivity contribution in [3.8, 4) is 0 Å². The fraction of sp³-hybridized carbons (Fsp3) is 0.519. The topological polar surface area (TPSA) is 78.8 Å². The molecule has 2 aromatic carbocycles. The van der Waals surface area contributed by atoms with Crippen LogP contribution >= 0.6 is 0 Å². The molecular weight excluding hydrogens is 421 g/mol. The van der Waals surface area contributed by atoms with Crippen LogP contribution in [0.25, 0.3) is 0 Å². The number of hydrogen-bond acceptors (Lipinski definition) is 4. The molecule has 1 aliphatic rings. The molecule has 0 fully saturated rings. The third-order valence-corrected chi connectivity index (χ3v) is 6.44. The molecule has 0 spiro atoms. The Morgan fingerprint density at radius 1 is 1.21 bits per heavy atom. The highest BCUT2D eigenvalue weighted by atomic mass is 19.1. The summed E-state index contributed by atoms with van der Waals surface area (Å²) in [5, 5.41) is 22.9. The predicted octanol–water partition coefficient (Wildman–Crippen LogP) is 4.45. The van der Waals surface area contributed by atoms with Crippen molar-refractivity contribution in [2.24, 2.45) is 5.92 Å². The quantitative estimate of drug-likeness (QED) is 0.439. The lowest BCUT2D eigenvalue weighted by molar-refractivity contribution is -0.136. The van der Waals surface area contributed by atoms with E-state index in [1.165, 1.54) is 23.3 Å². The summed E-state index contributed by atoms with van der Waals surface area (Å²) in [6.07, 6.45) is 2.33. The zero-order valence-electron chi connectivity index (χ0n) is 19.8. The van der Waals surface area contributed by atoms with Gasteiger partial charge in [-0.15, -0.1) is 0 Å². The summed E-state index contributed by atoms with van der Waals surface area (Å²) in [5.74, 6) is -0.728. The highest BCUT2D eigenvalue weighted by Crippen LogP contribution is 2.32. The number of aliphatic hydroxyl groups is 1. The van der Waals surface area contributed by atoms with E-state index in [4.69, 9.17) is 9.84 Å². The van der Waals surface area contributed by atoms with Gasteiger partial charge in [-0.05, 0) is 86.8 Å². The number of hydrogen-bond donors (Lipinski definition) is 3. The Bertz CT molecular complexity index is 920. The van der Waals surface area contributed by atoms with Crippen LogP contribution in [0.5, 0.6) is 0 Å². The van der Waals surface area contributed by atoms with Gasteiger partial charge in [0, 0.05) is 18.5 Å². The van der Waals surface area contributed by atoms with Crippen LogP contribution in [-0.2, 0) is 28.8 Å². The average Bonchev–Trinajstić information content (AvgIpc) is 3.16. The van der Waals surface area contributed by atoms with E-state index in [-0.39, 0.29) is 31.1 Å². The van der Waals surface area contributed by atoms with Crippen molar-refractivity contribution < 1.29 is 24.1 Å². The molecule has 1 aliphatic carbocycles. The molecule has 0 bridgehead atoms. The lowest BCUT2D eigenvalue weighted by Crippen LogP contribution is -2.45. The van der Waals surface area contributed by atoms with E-state index in [0.717, 1.165) is 24.8 Å². The molecule has 180 valence electrons. The van der Waals surface area contributed by atoms with Gasteiger partial charge in [-0.2, -0.15) is 0 Å². The molecule has 2 aromatic rings. The number of ether oxygens (including phenoxy) is 1. The third kappa shape index (κ3) is 7.63. The van der Waals surface area contributed by atoms with Gasteiger partial charge in [-0.25, -0.2) is 4.39 Å². The third-order valence-electron chi connectivity index (χ3n) is 6.44. The molecule has 0 saturated carbocycles. The highest BCUT2D eigenvalue weighted by Gasteiger charge is 2.28. The maximum absolute atomic E-state index is 13.6. The number of carboxylic acids is 1. The molecule has 0 radical (unpaired) electrons. The van der Waals surface area contributed by atoms with Crippen molar-refractivity contribution in [3.63, 3.8) is 0 Å². The molecule has 3 N–H and O–H groups in total. The highest BCUT2D eigenvalue weighted by molar-refractivity contribution is 5.67. The predicted molar refractivity (Wildman–Crippen MR) is 127 cm³/mol. The second-order valence-corrected chi connectivity index (χ2v) is 9.88. The minimum atomic E-state index is -0.927. The lowest BCUT2D eigenvalue weighted by atomic mass is 9.88. The molecule has 0 saturated heterocycles. The summed E-state index contributed by atoms with van der Waals surface area (Å²) in [6, 6.07) is 13.0. The normalized spacial score (nSPS) is 15.9. The molecular formula is C27H36FNO4. The maximum Gasteiger partial charge on any atom is 0.303 e. The van der Waals surface area contributed by atoms with Crippen LogP contribution in [0.4, 0.5) is 4.39 Å². The van der Waals surface area contributed by atoms with Crippen molar-refractivity contribution in [1.29, 1.82) is 0 Å². The molecule has 5 nitrogen and oxygen atoms in total. The fourth-order valence-corrected chi connectivity index (χ4v) is 4.82. The van der Waals surface area contributed by atoms with Gasteiger partial charge in [-0.3, -0.25) is 4.79 Å². The zero-order valence-corrected chi connectivity index (χ0v) is 19.8. The van der Waals surface area contributed by atoms with E-state index in [1.807, 2.05) is 6.92 Å². The van der Waals surface area contributed by atoms with Crippen LogP contribution in [0, 0.1) is 11.7 Å². The zero-order chi connectivity index (χ0) is 24.0. The number of aliphatic hydroxyl groups excluding tert-OH is 1. The number of fused-ring (bicyclic) bond motifs is 1. The maximum atomic E-state index is 13.6. The number of benzene rings is 2. The van der Waals surface area contributed by atoms with Crippen molar-refractivity contribution in [1.82, 2.24) is 5.32 Å². The van der Waals surface area contributed by atoms with E-state index < -0.39 is 17.9 Å². The monoisotopic (exact) mass is 457 g/mol. The van der Waals surface area contributed by atoms with Gasteiger partial charge in [0.25, 0.3) is 0 Å². The van der Waals surface area contributed by atoms with Crippen molar-refractivity contribution in [3.05, 3.63) is 70.5 Å². The van der Waals surface area contributed by atoms with Gasteiger partial charge < -0.3 is 20.3 Å². The lowest BCUT2D eigenvalue weighted by Gasteiger charge is -2.31. The number of halogens is 1. The van der Waals surface area contributed by atoms with Crippen LogP contribution in [0.2, 0.25) is 0 Å². The molecule has 0 aromatic heterocycles. The smallest absolute Gasteiger partial charge is 0.303 e. The van der Waals surface area contributed by atoms with E-state index in [0.29, 0.717) is 18.0 Å². The van der Waals surface area contributed by atoms with Gasteiger partial charge in [0.15, 0.2) is 0 Å². The fourth-order valence-electron chi connectivity index (χ4n) is 4.82. The van der Waals surface area contributed by atoms with Gasteiger partial charge in [0.2, 0.25) is 0 Å². The first-order valence-corrected chi connectivity index (χ1v) is 11.7. The van der Waals surface area contributed by atoms with Crippen molar-refractivity contribution in [2.45, 2.75) is 70.6 Å². The molecule has 6 heteroatoms. The van der Waals surface area contributed by atoms with Gasteiger partial charge in [0.1, 0.15) is 5.82 Å². The van der Waals surface area contributed by atoms with Crippen LogP contribution < -0.4 is 5.32 Å². The summed E-state index contributed by atoms with van der Waals surface area (Å²) >= 11 is 0. The summed E-state index contributed by atoms with van der Waals surface area (Å²) in [4.78, 5) is 10.9. The largest absolute Gasteiger partial charge is 0.481 e. The Balaban J connectivity index is 1.45. The van der Waals surface area contributed by atoms with Crippen molar-refractivity contribution >= 4 is 5.97 Å². The number of β-amino-alcohol motifs (C(OH)–C–C–N with tert-alkyl or cyclic N) is 1. The van der Waals surface area contributed by atoms with E-state index in [9.17, 15) is 14.3 Å². The summed E-state index contributed by atoms with van der Waals surface area (Å²) in [5.41, 5.74) is 4.16. The van der Waals surface area contributed by atoms with E-state index in [2.05, 4.69) is 43.4 Å². The summed E-state index contributed by atoms with van der Waals surface area (Å²) < 4.78 is 19.5. The number of aliphatic carboxylic acids is 1. The van der Waals surface area contributed by atoms with Crippen LogP contribution in [0.1, 0.15) is 62.0 Å². The first kappa shape index (κ1) is 25.3. The second-order valence-electron chi connectivity index (χ2n) is 9.88. The number of aryl methyl sites for hydroxylation is 1. The minimum absolute atomic E-state index is 0.0725. The number of nitrogens with one attached hydrogen (secondary N) is 1. The standard InChI is InChI=1S/C27H36FNO4/c1-18(25-10-9-23(28)14-22(25)8-11-26(31)32)33-17-24(30)16-29-27(2,3)15-19-12-20-6-4-5-7-21(20)13-19/h4-7,9-10,14,18-19,24,29-30H,8,11-13,15-17H2,1-3H3,(H,31,32)/t18-,24+/m1/s1. The Hall–Kier alpha value is -2.28. The number of carbonyl (C=O) groups is 1. The number of carboxylic acid groups (broad SMARTS) is 1. The van der Waals surface area contributed by atoms with E-state index >= 15 is 0 Å². The summed E-state index contributed by atoms with van der Waals surface area (Å²) in [7, 11) is 0.